The number of rotatable bonds is 11. The van der Waals surface area contributed by atoms with Crippen molar-refractivity contribution in [2.45, 2.75) is 65.3 Å². The monoisotopic (exact) mass is 477 g/mol. The van der Waals surface area contributed by atoms with E-state index in [-0.39, 0.29) is 29.0 Å². The van der Waals surface area contributed by atoms with E-state index in [2.05, 4.69) is 22.0 Å². The van der Waals surface area contributed by atoms with Crippen LogP contribution in [0, 0.1) is 11.7 Å². The van der Waals surface area contributed by atoms with Crippen molar-refractivity contribution in [3.8, 4) is 0 Å². The van der Waals surface area contributed by atoms with Crippen LogP contribution in [0.1, 0.15) is 68.0 Å². The van der Waals surface area contributed by atoms with Gasteiger partial charge in [-0.3, -0.25) is 9.59 Å². The summed E-state index contributed by atoms with van der Waals surface area (Å²) in [4.78, 5) is 40.4. The second-order valence-corrected chi connectivity index (χ2v) is 9.47. The highest BCUT2D eigenvalue weighted by Gasteiger charge is 2.25. The van der Waals surface area contributed by atoms with Gasteiger partial charge in [-0.05, 0) is 30.0 Å². The minimum Gasteiger partial charge on any atom is -0.465 e. The third-order valence-electron chi connectivity index (χ3n) is 5.15. The van der Waals surface area contributed by atoms with Gasteiger partial charge in [0.05, 0.1) is 36.4 Å². The fourth-order valence-corrected chi connectivity index (χ4v) is 4.21. The molecule has 1 unspecified atom stereocenters. The van der Waals surface area contributed by atoms with Gasteiger partial charge in [-0.2, -0.15) is 0 Å². The molecular formula is C24H32FN3O4S. The maximum atomic E-state index is 14.4. The number of hydrogen-bond donors (Lipinski definition) is 1. The minimum absolute atomic E-state index is 0.000210. The summed E-state index contributed by atoms with van der Waals surface area (Å²) >= 11 is 1.03. The second-order valence-electron chi connectivity index (χ2n) is 8.15. The minimum atomic E-state index is -0.725. The molecule has 0 aliphatic heterocycles. The summed E-state index contributed by atoms with van der Waals surface area (Å²) in [5, 5.41) is 2.34. The van der Waals surface area contributed by atoms with Gasteiger partial charge in [0.15, 0.2) is 5.12 Å². The summed E-state index contributed by atoms with van der Waals surface area (Å²) in [5.41, 5.74) is 1.33. The molecule has 33 heavy (non-hydrogen) atoms. The van der Waals surface area contributed by atoms with E-state index in [0.29, 0.717) is 12.1 Å². The van der Waals surface area contributed by atoms with E-state index in [4.69, 9.17) is 0 Å². The van der Waals surface area contributed by atoms with Crippen LogP contribution in [0.5, 0.6) is 0 Å². The molecule has 1 heterocycles. The average Bonchev–Trinajstić information content (AvgIpc) is 3.14. The second kappa shape index (κ2) is 12.5. The Morgan fingerprint density at radius 1 is 1.27 bits per heavy atom. The molecule has 1 atom stereocenters. The zero-order chi connectivity index (χ0) is 24.5. The number of imidazole rings is 1. The van der Waals surface area contributed by atoms with E-state index in [0.717, 1.165) is 42.5 Å². The highest BCUT2D eigenvalue weighted by Crippen LogP contribution is 2.21. The predicted octanol–water partition coefficient (Wildman–Crippen LogP) is 4.12. The first kappa shape index (κ1) is 26.6. The summed E-state index contributed by atoms with van der Waals surface area (Å²) in [6.45, 7) is 7.93. The highest BCUT2D eigenvalue weighted by molar-refractivity contribution is 8.14. The summed E-state index contributed by atoms with van der Waals surface area (Å²) in [7, 11) is 1.21. The van der Waals surface area contributed by atoms with Gasteiger partial charge in [-0.25, -0.2) is 14.2 Å². The molecular weight excluding hydrogens is 445 g/mol. The number of nitrogens with one attached hydrogen (secondary N) is 1. The molecule has 9 heteroatoms. The Balaban J connectivity index is 2.24. The molecule has 1 N–H and O–H groups in total. The number of methoxy groups -OCH3 is 1. The largest absolute Gasteiger partial charge is 0.465 e. The fraction of sp³-hybridized carbons (Fsp3) is 0.500. The third-order valence-corrected chi connectivity index (χ3v) is 6.50. The van der Waals surface area contributed by atoms with Crippen LogP contribution in [-0.4, -0.2) is 38.9 Å². The summed E-state index contributed by atoms with van der Waals surface area (Å²) in [6.07, 6.45) is 4.41. The molecule has 2 aromatic rings. The van der Waals surface area contributed by atoms with Crippen molar-refractivity contribution >= 4 is 28.8 Å². The first-order chi connectivity index (χ1) is 15.7. The van der Waals surface area contributed by atoms with Gasteiger partial charge in [0.2, 0.25) is 5.91 Å². The van der Waals surface area contributed by atoms with Gasteiger partial charge in [-0.15, -0.1) is 0 Å². The number of hydrogen-bond acceptors (Lipinski definition) is 6. The Hall–Kier alpha value is -2.68. The number of thioether (sulfide) groups is 1. The predicted molar refractivity (Wildman–Crippen MR) is 126 cm³/mol. The van der Waals surface area contributed by atoms with Crippen LogP contribution in [-0.2, 0) is 33.8 Å². The molecule has 0 aliphatic carbocycles. The first-order valence-electron chi connectivity index (χ1n) is 11.0. The Morgan fingerprint density at radius 3 is 2.58 bits per heavy atom. The van der Waals surface area contributed by atoms with E-state index in [1.807, 2.05) is 18.4 Å². The lowest BCUT2D eigenvalue weighted by Crippen LogP contribution is -2.36. The standard InChI is InChI=1S/C24H32FN3O4S/c1-6-7-8-21-26-12-18(13-27-23(30)22(15(2)3)33-16(4)29)28(21)14-17-9-10-19(20(25)11-17)24(31)32-5/h9-12,15,22H,6-8,13-14H2,1-5H3,(H,27,30). The number of carbonyl (C=O) groups is 3. The Bertz CT molecular complexity index is 990. The Kier molecular flexibility index (Phi) is 10.1. The molecule has 1 aromatic heterocycles. The zero-order valence-electron chi connectivity index (χ0n) is 19.8. The number of halogens is 1. The molecule has 180 valence electrons. The number of aryl methyl sites for hydroxylation is 1. The summed E-state index contributed by atoms with van der Waals surface area (Å²) in [6, 6.07) is 4.41. The van der Waals surface area contributed by atoms with Gasteiger partial charge in [-0.1, -0.05) is 45.0 Å². The van der Waals surface area contributed by atoms with E-state index >= 15 is 0 Å². The lowest BCUT2D eigenvalue weighted by Gasteiger charge is -2.19. The van der Waals surface area contributed by atoms with E-state index in [9.17, 15) is 18.8 Å². The van der Waals surface area contributed by atoms with Gasteiger partial charge in [0.1, 0.15) is 11.6 Å². The number of esters is 1. The van der Waals surface area contributed by atoms with Gasteiger partial charge < -0.3 is 14.6 Å². The number of benzene rings is 1. The van der Waals surface area contributed by atoms with Crippen LogP contribution >= 0.6 is 11.8 Å². The normalized spacial score (nSPS) is 12.0. The SMILES string of the molecule is CCCCc1ncc(CNC(=O)C(SC(C)=O)C(C)C)n1Cc1ccc(C(=O)OC)c(F)c1. The topological polar surface area (TPSA) is 90.3 Å². The van der Waals surface area contributed by atoms with E-state index in [1.54, 1.807) is 12.3 Å². The number of aromatic nitrogens is 2. The molecule has 1 aromatic carbocycles. The fourth-order valence-electron chi connectivity index (χ4n) is 3.39. The quantitative estimate of drug-likeness (QED) is 0.490. The molecule has 0 saturated heterocycles. The Labute approximate surface area is 198 Å². The number of nitrogens with zero attached hydrogens (tertiary/aromatic N) is 2. The molecule has 0 saturated carbocycles. The highest BCUT2D eigenvalue weighted by atomic mass is 32.2. The maximum Gasteiger partial charge on any atom is 0.340 e. The van der Waals surface area contributed by atoms with Crippen LogP contribution in [0.25, 0.3) is 0 Å². The number of amides is 1. The molecule has 0 aliphatic rings. The smallest absolute Gasteiger partial charge is 0.340 e. The van der Waals surface area contributed by atoms with Crippen LogP contribution in [0.15, 0.2) is 24.4 Å². The van der Waals surface area contributed by atoms with Crippen molar-refractivity contribution in [3.63, 3.8) is 0 Å². The molecule has 2 rings (SSSR count). The molecule has 0 bridgehead atoms. The van der Waals surface area contributed by atoms with Gasteiger partial charge in [0.25, 0.3) is 0 Å². The van der Waals surface area contributed by atoms with Crippen molar-refractivity contribution < 1.29 is 23.5 Å². The zero-order valence-corrected chi connectivity index (χ0v) is 20.6. The summed E-state index contributed by atoms with van der Waals surface area (Å²) < 4.78 is 21.0. The number of carbonyl (C=O) groups excluding carboxylic acids is 3. The maximum absolute atomic E-state index is 14.4. The van der Waals surface area contributed by atoms with Gasteiger partial charge in [0, 0.05) is 19.9 Å². The average molecular weight is 478 g/mol. The molecule has 1 amide bonds. The Morgan fingerprint density at radius 2 is 2.00 bits per heavy atom. The van der Waals surface area contributed by atoms with Crippen molar-refractivity contribution in [3.05, 3.63) is 52.9 Å². The van der Waals surface area contributed by atoms with Crippen LogP contribution in [0.4, 0.5) is 4.39 Å². The van der Waals surface area contributed by atoms with Crippen LogP contribution < -0.4 is 5.32 Å². The lowest BCUT2D eigenvalue weighted by atomic mass is 10.1. The first-order valence-corrected chi connectivity index (χ1v) is 11.9. The summed E-state index contributed by atoms with van der Waals surface area (Å²) in [5.74, 6) is -0.735. The number of unbranched alkanes of at least 4 members (excludes halogenated alkanes) is 1. The lowest BCUT2D eigenvalue weighted by molar-refractivity contribution is -0.121. The van der Waals surface area contributed by atoms with Crippen molar-refractivity contribution in [2.24, 2.45) is 5.92 Å². The van der Waals surface area contributed by atoms with Crippen molar-refractivity contribution in [1.29, 1.82) is 0 Å². The molecule has 0 spiro atoms. The van der Waals surface area contributed by atoms with E-state index in [1.165, 1.54) is 26.2 Å². The van der Waals surface area contributed by atoms with Crippen LogP contribution in [0.2, 0.25) is 0 Å². The molecule has 0 radical (unpaired) electrons. The third kappa shape index (κ3) is 7.42. The number of ether oxygens (including phenoxy) is 1. The van der Waals surface area contributed by atoms with Gasteiger partial charge >= 0.3 is 5.97 Å². The van der Waals surface area contributed by atoms with Crippen LogP contribution in [0.3, 0.4) is 0 Å². The van der Waals surface area contributed by atoms with E-state index < -0.39 is 17.0 Å². The van der Waals surface area contributed by atoms with Crippen molar-refractivity contribution in [1.82, 2.24) is 14.9 Å². The van der Waals surface area contributed by atoms with Crippen molar-refractivity contribution in [2.75, 3.05) is 7.11 Å². The molecule has 7 nitrogen and oxygen atoms in total. The molecule has 0 fully saturated rings.